The van der Waals surface area contributed by atoms with E-state index in [0.717, 1.165) is 13.0 Å². The number of nitrogens with zero attached hydrogens (tertiary/aromatic N) is 1. The van der Waals surface area contributed by atoms with Gasteiger partial charge in [0.15, 0.2) is 0 Å². The fourth-order valence-electron chi connectivity index (χ4n) is 1.44. The molecule has 3 nitrogen and oxygen atoms in total. The maximum atomic E-state index is 11.4. The third-order valence-electron chi connectivity index (χ3n) is 2.23. The molecule has 0 bridgehead atoms. The second kappa shape index (κ2) is 3.59. The molecule has 1 aliphatic rings. The number of carbonyl (C=O) groups excluding carboxylic acids is 1. The Morgan fingerprint density at radius 1 is 1.92 bits per heavy atom. The van der Waals surface area contributed by atoms with Gasteiger partial charge in [-0.15, -0.1) is 12.3 Å². The summed E-state index contributed by atoms with van der Waals surface area (Å²) in [5.41, 5.74) is 5.56. The number of likely N-dealkylation sites (tertiary alicyclic amines) is 1. The molecule has 1 fully saturated rings. The van der Waals surface area contributed by atoms with E-state index in [4.69, 9.17) is 12.2 Å². The van der Waals surface area contributed by atoms with Crippen molar-refractivity contribution in [2.75, 3.05) is 6.54 Å². The number of nitrogens with two attached hydrogens (primary N) is 1. The Hall–Kier alpha value is -1.01. The monoisotopic (exact) mass is 166 g/mol. The van der Waals surface area contributed by atoms with Crippen LogP contribution in [0, 0.1) is 12.3 Å². The Morgan fingerprint density at radius 2 is 2.58 bits per heavy atom. The fourth-order valence-corrected chi connectivity index (χ4v) is 1.44. The lowest BCUT2D eigenvalue weighted by molar-refractivity contribution is -0.130. The number of hydrogen-bond donors (Lipinski definition) is 1. The van der Waals surface area contributed by atoms with Gasteiger partial charge in [-0.05, 0) is 13.3 Å². The van der Waals surface area contributed by atoms with Crippen molar-refractivity contribution in [2.24, 2.45) is 5.73 Å². The molecule has 0 radical (unpaired) electrons. The number of terminal acetylenes is 1. The molecule has 3 heteroatoms. The topological polar surface area (TPSA) is 46.3 Å². The van der Waals surface area contributed by atoms with Crippen LogP contribution in [0.1, 0.15) is 19.8 Å². The van der Waals surface area contributed by atoms with Crippen molar-refractivity contribution in [1.82, 2.24) is 4.90 Å². The molecule has 1 rings (SSSR count). The van der Waals surface area contributed by atoms with Crippen LogP contribution in [-0.4, -0.2) is 29.4 Å². The van der Waals surface area contributed by atoms with E-state index in [0.29, 0.717) is 6.42 Å². The highest BCUT2D eigenvalue weighted by molar-refractivity contribution is 5.83. The summed E-state index contributed by atoms with van der Waals surface area (Å²) in [5, 5.41) is 0. The highest BCUT2D eigenvalue weighted by Gasteiger charge is 2.30. The van der Waals surface area contributed by atoms with Crippen molar-refractivity contribution in [3.63, 3.8) is 0 Å². The summed E-state index contributed by atoms with van der Waals surface area (Å²) in [6.45, 7) is 2.71. The predicted molar refractivity (Wildman–Crippen MR) is 47.2 cm³/mol. The normalized spacial score (nSPS) is 25.6. The lowest BCUT2D eigenvalue weighted by Crippen LogP contribution is -2.39. The first kappa shape index (κ1) is 9.08. The molecule has 66 valence electrons. The SMILES string of the molecule is C#CCC(C)N1CCC(N)C1=O. The number of rotatable bonds is 2. The molecule has 2 atom stereocenters. The average Bonchev–Trinajstić information content (AvgIpc) is 2.34. The summed E-state index contributed by atoms with van der Waals surface area (Å²) in [7, 11) is 0. The van der Waals surface area contributed by atoms with E-state index in [1.54, 1.807) is 4.90 Å². The molecule has 0 spiro atoms. The Balaban J connectivity index is 2.54. The molecule has 0 aromatic heterocycles. The van der Waals surface area contributed by atoms with E-state index >= 15 is 0 Å². The summed E-state index contributed by atoms with van der Waals surface area (Å²) in [6.07, 6.45) is 6.53. The molecule has 0 aromatic rings. The first-order chi connectivity index (χ1) is 5.66. The van der Waals surface area contributed by atoms with Crippen LogP contribution in [0.4, 0.5) is 0 Å². The highest BCUT2D eigenvalue weighted by Crippen LogP contribution is 2.14. The molecule has 0 aliphatic carbocycles. The fraction of sp³-hybridized carbons (Fsp3) is 0.667. The molecule has 12 heavy (non-hydrogen) atoms. The number of carbonyl (C=O) groups is 1. The van der Waals surface area contributed by atoms with E-state index in [9.17, 15) is 4.79 Å². The van der Waals surface area contributed by atoms with Crippen LogP contribution in [-0.2, 0) is 4.79 Å². The third kappa shape index (κ3) is 1.59. The van der Waals surface area contributed by atoms with Gasteiger partial charge in [0.05, 0.1) is 6.04 Å². The lowest BCUT2D eigenvalue weighted by atomic mass is 10.2. The van der Waals surface area contributed by atoms with Gasteiger partial charge in [0.2, 0.25) is 5.91 Å². The van der Waals surface area contributed by atoms with Crippen molar-refractivity contribution >= 4 is 5.91 Å². The average molecular weight is 166 g/mol. The Morgan fingerprint density at radius 3 is 3.00 bits per heavy atom. The van der Waals surface area contributed by atoms with Crippen molar-refractivity contribution in [3.05, 3.63) is 0 Å². The first-order valence-corrected chi connectivity index (χ1v) is 4.16. The van der Waals surface area contributed by atoms with Crippen LogP contribution in [0.25, 0.3) is 0 Å². The minimum absolute atomic E-state index is 0.0396. The molecule has 2 unspecified atom stereocenters. The largest absolute Gasteiger partial charge is 0.338 e. The van der Waals surface area contributed by atoms with Gasteiger partial charge in [-0.2, -0.15) is 0 Å². The molecule has 1 heterocycles. The molecule has 1 saturated heterocycles. The summed E-state index contributed by atoms with van der Waals surface area (Å²) >= 11 is 0. The summed E-state index contributed by atoms with van der Waals surface area (Å²) in [5.74, 6) is 2.58. The van der Waals surface area contributed by atoms with Gasteiger partial charge in [0, 0.05) is 19.0 Å². The molecule has 2 N–H and O–H groups in total. The molecular weight excluding hydrogens is 152 g/mol. The van der Waals surface area contributed by atoms with Crippen LogP contribution >= 0.6 is 0 Å². The van der Waals surface area contributed by atoms with Gasteiger partial charge in [-0.3, -0.25) is 4.79 Å². The van der Waals surface area contributed by atoms with Crippen molar-refractivity contribution < 1.29 is 4.79 Å². The van der Waals surface area contributed by atoms with Gasteiger partial charge in [-0.25, -0.2) is 0 Å². The van der Waals surface area contributed by atoms with E-state index in [1.807, 2.05) is 6.92 Å². The van der Waals surface area contributed by atoms with Crippen molar-refractivity contribution in [3.8, 4) is 12.3 Å². The van der Waals surface area contributed by atoms with Gasteiger partial charge in [0.1, 0.15) is 0 Å². The molecular formula is C9H14N2O. The second-order valence-corrected chi connectivity index (χ2v) is 3.18. The third-order valence-corrected chi connectivity index (χ3v) is 2.23. The summed E-state index contributed by atoms with van der Waals surface area (Å²) in [4.78, 5) is 13.1. The van der Waals surface area contributed by atoms with Crippen LogP contribution in [0.3, 0.4) is 0 Å². The minimum atomic E-state index is -0.301. The van der Waals surface area contributed by atoms with Crippen LogP contribution < -0.4 is 5.73 Å². The second-order valence-electron chi connectivity index (χ2n) is 3.18. The maximum Gasteiger partial charge on any atom is 0.239 e. The zero-order chi connectivity index (χ0) is 9.14. The zero-order valence-electron chi connectivity index (χ0n) is 7.29. The van der Waals surface area contributed by atoms with Crippen molar-refractivity contribution in [1.29, 1.82) is 0 Å². The Kier molecular flexibility index (Phi) is 2.72. The number of amides is 1. The Labute approximate surface area is 72.9 Å². The van der Waals surface area contributed by atoms with E-state index in [1.165, 1.54) is 0 Å². The Bertz CT molecular complexity index is 219. The van der Waals surface area contributed by atoms with Gasteiger partial charge >= 0.3 is 0 Å². The first-order valence-electron chi connectivity index (χ1n) is 4.16. The van der Waals surface area contributed by atoms with Crippen LogP contribution in [0.15, 0.2) is 0 Å². The zero-order valence-corrected chi connectivity index (χ0v) is 7.29. The summed E-state index contributed by atoms with van der Waals surface area (Å²) in [6, 6.07) is -0.165. The quantitative estimate of drug-likeness (QED) is 0.585. The van der Waals surface area contributed by atoms with Gasteiger partial charge < -0.3 is 10.6 Å². The highest BCUT2D eigenvalue weighted by atomic mass is 16.2. The summed E-state index contributed by atoms with van der Waals surface area (Å²) < 4.78 is 0. The maximum absolute atomic E-state index is 11.4. The smallest absolute Gasteiger partial charge is 0.239 e. The molecule has 0 saturated carbocycles. The molecule has 0 aromatic carbocycles. The minimum Gasteiger partial charge on any atom is -0.338 e. The molecule has 1 amide bonds. The van der Waals surface area contributed by atoms with E-state index in [2.05, 4.69) is 5.92 Å². The van der Waals surface area contributed by atoms with Crippen molar-refractivity contribution in [2.45, 2.75) is 31.8 Å². The van der Waals surface area contributed by atoms with Gasteiger partial charge in [-0.1, -0.05) is 0 Å². The molecule has 1 aliphatic heterocycles. The number of hydrogen-bond acceptors (Lipinski definition) is 2. The van der Waals surface area contributed by atoms with Crippen LogP contribution in [0.5, 0.6) is 0 Å². The van der Waals surface area contributed by atoms with Crippen LogP contribution in [0.2, 0.25) is 0 Å². The standard InChI is InChI=1S/C9H14N2O/c1-3-4-7(2)11-6-5-8(10)9(11)12/h1,7-8H,4-6,10H2,2H3. The lowest BCUT2D eigenvalue weighted by Gasteiger charge is -2.22. The van der Waals surface area contributed by atoms with E-state index in [-0.39, 0.29) is 18.0 Å². The van der Waals surface area contributed by atoms with E-state index < -0.39 is 0 Å². The van der Waals surface area contributed by atoms with Gasteiger partial charge in [0.25, 0.3) is 0 Å². The predicted octanol–water partition coefficient (Wildman–Crippen LogP) is -0.0422.